The normalized spacial score (nSPS) is 12.4. The van der Waals surface area contributed by atoms with Gasteiger partial charge in [0.15, 0.2) is 0 Å². The molecule has 1 aromatic heterocycles. The third-order valence-electron chi connectivity index (χ3n) is 2.43. The van der Waals surface area contributed by atoms with Crippen LogP contribution in [0.3, 0.4) is 0 Å². The minimum absolute atomic E-state index is 0.151. The van der Waals surface area contributed by atoms with Crippen molar-refractivity contribution in [2.75, 3.05) is 33.1 Å². The number of anilines is 1. The van der Waals surface area contributed by atoms with Gasteiger partial charge in [0, 0.05) is 34.0 Å². The lowest BCUT2D eigenvalue weighted by Crippen LogP contribution is -2.36. The predicted molar refractivity (Wildman–Crippen MR) is 64.8 cm³/mol. The Labute approximate surface area is 101 Å². The average Bonchev–Trinajstić information content (AvgIpc) is 2.63. The molecule has 17 heavy (non-hydrogen) atoms. The monoisotopic (exact) mass is 241 g/mol. The highest BCUT2D eigenvalue weighted by molar-refractivity contribution is 5.93. The van der Waals surface area contributed by atoms with Gasteiger partial charge in [0.1, 0.15) is 5.69 Å². The standard InChI is InChI=1S/C11H19N3O3/c1-14-6-8(12)4-10(14)11(15)13-5-9(17-3)7-16-2/h4,6,9H,5,7,12H2,1-3H3,(H,13,15). The topological polar surface area (TPSA) is 78.5 Å². The summed E-state index contributed by atoms with van der Waals surface area (Å²) in [6.07, 6.45) is 1.54. The van der Waals surface area contributed by atoms with Crippen molar-refractivity contribution in [2.45, 2.75) is 6.10 Å². The number of nitrogen functional groups attached to an aromatic ring is 1. The molecule has 0 fully saturated rings. The highest BCUT2D eigenvalue weighted by atomic mass is 16.5. The molecule has 0 saturated heterocycles. The van der Waals surface area contributed by atoms with Crippen LogP contribution in [0.5, 0.6) is 0 Å². The van der Waals surface area contributed by atoms with E-state index in [1.807, 2.05) is 0 Å². The number of methoxy groups -OCH3 is 2. The molecule has 6 heteroatoms. The number of carbonyl (C=O) groups is 1. The lowest BCUT2D eigenvalue weighted by Gasteiger charge is -2.15. The largest absolute Gasteiger partial charge is 0.397 e. The van der Waals surface area contributed by atoms with Crippen LogP contribution in [0.25, 0.3) is 0 Å². The molecule has 0 radical (unpaired) electrons. The van der Waals surface area contributed by atoms with Crippen molar-refractivity contribution in [3.8, 4) is 0 Å². The Kier molecular flexibility index (Phi) is 4.99. The van der Waals surface area contributed by atoms with Gasteiger partial charge in [0.2, 0.25) is 0 Å². The van der Waals surface area contributed by atoms with Crippen molar-refractivity contribution in [3.05, 3.63) is 18.0 Å². The van der Waals surface area contributed by atoms with E-state index in [4.69, 9.17) is 15.2 Å². The number of aryl methyl sites for hydroxylation is 1. The third-order valence-corrected chi connectivity index (χ3v) is 2.43. The van der Waals surface area contributed by atoms with E-state index in [9.17, 15) is 4.79 Å². The van der Waals surface area contributed by atoms with E-state index in [0.29, 0.717) is 24.5 Å². The van der Waals surface area contributed by atoms with Crippen molar-refractivity contribution in [1.82, 2.24) is 9.88 Å². The Balaban J connectivity index is 2.52. The molecule has 3 N–H and O–H groups in total. The molecule has 1 amide bonds. The number of amides is 1. The van der Waals surface area contributed by atoms with Gasteiger partial charge in [0.05, 0.1) is 18.4 Å². The minimum Gasteiger partial charge on any atom is -0.397 e. The molecule has 6 nitrogen and oxygen atoms in total. The second-order valence-electron chi connectivity index (χ2n) is 3.79. The van der Waals surface area contributed by atoms with Crippen LogP contribution in [0.4, 0.5) is 5.69 Å². The van der Waals surface area contributed by atoms with E-state index in [2.05, 4.69) is 5.32 Å². The van der Waals surface area contributed by atoms with Gasteiger partial charge in [-0.2, -0.15) is 0 Å². The Bertz CT molecular complexity index is 376. The first-order valence-corrected chi connectivity index (χ1v) is 5.30. The van der Waals surface area contributed by atoms with Crippen LogP contribution in [0, 0.1) is 0 Å². The van der Waals surface area contributed by atoms with Gasteiger partial charge in [-0.25, -0.2) is 0 Å². The smallest absolute Gasteiger partial charge is 0.268 e. The Hall–Kier alpha value is -1.53. The number of hydrogen-bond acceptors (Lipinski definition) is 4. The van der Waals surface area contributed by atoms with Gasteiger partial charge in [0.25, 0.3) is 5.91 Å². The van der Waals surface area contributed by atoms with Crippen LogP contribution in [-0.4, -0.2) is 43.9 Å². The molecule has 0 spiro atoms. The first-order valence-electron chi connectivity index (χ1n) is 5.30. The van der Waals surface area contributed by atoms with Crippen LogP contribution in [0.15, 0.2) is 12.3 Å². The molecule has 96 valence electrons. The summed E-state index contributed by atoms with van der Waals surface area (Å²) >= 11 is 0. The van der Waals surface area contributed by atoms with Gasteiger partial charge in [-0.05, 0) is 6.07 Å². The minimum atomic E-state index is -0.178. The zero-order valence-electron chi connectivity index (χ0n) is 10.4. The van der Waals surface area contributed by atoms with E-state index in [1.54, 1.807) is 38.1 Å². The summed E-state index contributed by atoms with van der Waals surface area (Å²) in [5.74, 6) is -0.178. The molecule has 1 atom stereocenters. The van der Waals surface area contributed by atoms with E-state index >= 15 is 0 Å². The zero-order chi connectivity index (χ0) is 12.8. The zero-order valence-corrected chi connectivity index (χ0v) is 10.4. The number of rotatable bonds is 6. The maximum absolute atomic E-state index is 11.8. The molecule has 1 heterocycles. The molecule has 0 aliphatic rings. The third kappa shape index (κ3) is 3.76. The van der Waals surface area contributed by atoms with E-state index in [1.165, 1.54) is 0 Å². The number of ether oxygens (including phenoxy) is 2. The predicted octanol–water partition coefficient (Wildman–Crippen LogP) is -0.00150. The van der Waals surface area contributed by atoms with Gasteiger partial charge in [-0.15, -0.1) is 0 Å². The van der Waals surface area contributed by atoms with Crippen LogP contribution >= 0.6 is 0 Å². The molecule has 0 aliphatic carbocycles. The van der Waals surface area contributed by atoms with Crippen LogP contribution in [0.2, 0.25) is 0 Å². The Morgan fingerprint density at radius 3 is 2.76 bits per heavy atom. The summed E-state index contributed by atoms with van der Waals surface area (Å²) in [5, 5.41) is 2.77. The number of aromatic nitrogens is 1. The summed E-state index contributed by atoms with van der Waals surface area (Å²) in [4.78, 5) is 11.8. The lowest BCUT2D eigenvalue weighted by molar-refractivity contribution is 0.0284. The number of carbonyl (C=O) groups excluding carboxylic acids is 1. The van der Waals surface area contributed by atoms with Crippen molar-refractivity contribution >= 4 is 11.6 Å². The van der Waals surface area contributed by atoms with Crippen molar-refractivity contribution in [1.29, 1.82) is 0 Å². The Morgan fingerprint density at radius 2 is 2.29 bits per heavy atom. The summed E-state index contributed by atoms with van der Waals surface area (Å²) in [7, 11) is 4.94. The van der Waals surface area contributed by atoms with Gasteiger partial charge in [-0.3, -0.25) is 4.79 Å². The number of hydrogen-bond donors (Lipinski definition) is 2. The first kappa shape index (κ1) is 13.5. The average molecular weight is 241 g/mol. The summed E-state index contributed by atoms with van der Waals surface area (Å²) in [5.41, 5.74) is 6.69. The lowest BCUT2D eigenvalue weighted by atomic mass is 10.3. The molecule has 1 aromatic rings. The fraction of sp³-hybridized carbons (Fsp3) is 0.545. The molecule has 1 unspecified atom stereocenters. The molecular weight excluding hydrogens is 222 g/mol. The molecule has 0 bridgehead atoms. The van der Waals surface area contributed by atoms with Gasteiger partial charge >= 0.3 is 0 Å². The highest BCUT2D eigenvalue weighted by Gasteiger charge is 2.13. The maximum atomic E-state index is 11.8. The molecule has 1 rings (SSSR count). The Morgan fingerprint density at radius 1 is 1.59 bits per heavy atom. The van der Waals surface area contributed by atoms with Crippen LogP contribution in [0.1, 0.15) is 10.5 Å². The fourth-order valence-corrected chi connectivity index (χ4v) is 1.51. The van der Waals surface area contributed by atoms with Crippen LogP contribution in [-0.2, 0) is 16.5 Å². The number of nitrogens with zero attached hydrogens (tertiary/aromatic N) is 1. The maximum Gasteiger partial charge on any atom is 0.268 e. The molecule has 0 aliphatic heterocycles. The number of nitrogens with two attached hydrogens (primary N) is 1. The van der Waals surface area contributed by atoms with E-state index in [0.717, 1.165) is 0 Å². The van der Waals surface area contributed by atoms with Gasteiger partial charge in [-0.1, -0.05) is 0 Å². The second-order valence-corrected chi connectivity index (χ2v) is 3.79. The molecule has 0 saturated carbocycles. The van der Waals surface area contributed by atoms with Crippen molar-refractivity contribution in [2.24, 2.45) is 7.05 Å². The highest BCUT2D eigenvalue weighted by Crippen LogP contribution is 2.08. The summed E-state index contributed by atoms with van der Waals surface area (Å²) in [6.45, 7) is 0.834. The SMILES string of the molecule is COCC(CNC(=O)c1cc(N)cn1C)OC. The first-order chi connectivity index (χ1) is 8.08. The fourth-order valence-electron chi connectivity index (χ4n) is 1.51. The summed E-state index contributed by atoms with van der Waals surface area (Å²) < 4.78 is 11.8. The van der Waals surface area contributed by atoms with E-state index < -0.39 is 0 Å². The van der Waals surface area contributed by atoms with Crippen molar-refractivity contribution < 1.29 is 14.3 Å². The second kappa shape index (κ2) is 6.27. The molecular formula is C11H19N3O3. The van der Waals surface area contributed by atoms with Crippen molar-refractivity contribution in [3.63, 3.8) is 0 Å². The van der Waals surface area contributed by atoms with E-state index in [-0.39, 0.29) is 12.0 Å². The quantitative estimate of drug-likeness (QED) is 0.734. The van der Waals surface area contributed by atoms with Crippen LogP contribution < -0.4 is 11.1 Å². The number of nitrogens with one attached hydrogen (secondary N) is 1. The summed E-state index contributed by atoms with van der Waals surface area (Å²) in [6, 6.07) is 1.63. The van der Waals surface area contributed by atoms with Gasteiger partial charge < -0.3 is 25.1 Å². The molecule has 0 aromatic carbocycles.